The van der Waals surface area contributed by atoms with Gasteiger partial charge in [0.1, 0.15) is 5.82 Å². The number of aliphatic carboxylic acids is 1. The minimum atomic E-state index is -4.74. The summed E-state index contributed by atoms with van der Waals surface area (Å²) >= 11 is 0. The van der Waals surface area contributed by atoms with Crippen LogP contribution in [0.2, 0.25) is 0 Å². The van der Waals surface area contributed by atoms with Gasteiger partial charge in [0.2, 0.25) is 5.82 Å². The quantitative estimate of drug-likeness (QED) is 0.307. The Morgan fingerprint density at radius 3 is 2.51 bits per heavy atom. The van der Waals surface area contributed by atoms with Crippen molar-refractivity contribution in [3.63, 3.8) is 0 Å². The molecule has 2 aromatic carbocycles. The fourth-order valence-corrected chi connectivity index (χ4v) is 3.68. The first-order valence-electron chi connectivity index (χ1n) is 10.6. The van der Waals surface area contributed by atoms with Gasteiger partial charge >= 0.3 is 12.1 Å². The SMILES string of the molecule is Cc1cc(-c2noc(-c3ccc(-c4ccccc4F)c(C(F)(F)F)c3)n2)cnc1CCCC(=O)O. The number of carbonyl (C=O) groups is 1. The lowest BCUT2D eigenvalue weighted by Gasteiger charge is -2.14. The van der Waals surface area contributed by atoms with Gasteiger partial charge in [0, 0.05) is 35.0 Å². The lowest BCUT2D eigenvalue weighted by atomic mass is 9.96. The second-order valence-electron chi connectivity index (χ2n) is 7.90. The number of rotatable bonds is 7. The molecule has 0 radical (unpaired) electrons. The minimum absolute atomic E-state index is 0.0335. The van der Waals surface area contributed by atoms with Crippen LogP contribution in [0, 0.1) is 12.7 Å². The van der Waals surface area contributed by atoms with E-state index in [0.29, 0.717) is 18.4 Å². The maximum atomic E-state index is 14.2. The molecular formula is C25H19F4N3O3. The van der Waals surface area contributed by atoms with Gasteiger partial charge in [-0.15, -0.1) is 0 Å². The lowest BCUT2D eigenvalue weighted by molar-refractivity contribution is -0.138. The standard InChI is InChI=1S/C25H19F4N3O3/c1-14-11-16(13-30-21(14)7-4-8-22(33)34)23-31-24(35-32-23)15-9-10-17(19(12-15)25(27,28)29)18-5-2-3-6-20(18)26/h2-3,5-6,9-13H,4,7-8H2,1H3,(H,33,34). The number of alkyl halides is 3. The van der Waals surface area contributed by atoms with E-state index in [-0.39, 0.29) is 34.8 Å². The van der Waals surface area contributed by atoms with Crippen molar-refractivity contribution >= 4 is 5.97 Å². The summed E-state index contributed by atoms with van der Waals surface area (Å²) in [4.78, 5) is 19.2. The summed E-state index contributed by atoms with van der Waals surface area (Å²) in [6.45, 7) is 1.81. The second kappa shape index (κ2) is 9.65. The molecule has 0 saturated carbocycles. The number of aryl methyl sites for hydroxylation is 2. The van der Waals surface area contributed by atoms with Crippen LogP contribution in [-0.4, -0.2) is 26.2 Å². The van der Waals surface area contributed by atoms with Gasteiger partial charge in [-0.2, -0.15) is 18.2 Å². The molecule has 6 nitrogen and oxygen atoms in total. The van der Waals surface area contributed by atoms with Crippen LogP contribution >= 0.6 is 0 Å². The molecule has 0 fully saturated rings. The first-order chi connectivity index (χ1) is 16.6. The molecule has 0 aliphatic carbocycles. The smallest absolute Gasteiger partial charge is 0.417 e. The van der Waals surface area contributed by atoms with Crippen molar-refractivity contribution in [3.8, 4) is 34.0 Å². The number of hydrogen-bond acceptors (Lipinski definition) is 5. The molecule has 35 heavy (non-hydrogen) atoms. The number of nitrogens with zero attached hydrogens (tertiary/aromatic N) is 3. The van der Waals surface area contributed by atoms with Crippen molar-refractivity contribution in [2.45, 2.75) is 32.4 Å². The van der Waals surface area contributed by atoms with E-state index in [1.165, 1.54) is 36.5 Å². The highest BCUT2D eigenvalue weighted by molar-refractivity contribution is 5.73. The molecule has 0 spiro atoms. The lowest BCUT2D eigenvalue weighted by Crippen LogP contribution is -2.08. The van der Waals surface area contributed by atoms with Gasteiger partial charge in [-0.25, -0.2) is 4.39 Å². The fraction of sp³-hybridized carbons (Fsp3) is 0.200. The molecule has 0 aliphatic heterocycles. The van der Waals surface area contributed by atoms with Crippen molar-refractivity contribution in [2.24, 2.45) is 0 Å². The van der Waals surface area contributed by atoms with Crippen LogP contribution in [0.1, 0.15) is 29.7 Å². The van der Waals surface area contributed by atoms with Crippen molar-refractivity contribution in [1.82, 2.24) is 15.1 Å². The van der Waals surface area contributed by atoms with E-state index >= 15 is 0 Å². The van der Waals surface area contributed by atoms with Crippen molar-refractivity contribution in [2.75, 3.05) is 0 Å². The largest absolute Gasteiger partial charge is 0.481 e. The molecule has 0 unspecified atom stereocenters. The molecule has 180 valence electrons. The van der Waals surface area contributed by atoms with E-state index < -0.39 is 23.5 Å². The number of carboxylic acids is 1. The van der Waals surface area contributed by atoms with E-state index in [1.807, 2.05) is 6.92 Å². The molecule has 0 saturated heterocycles. The van der Waals surface area contributed by atoms with Gasteiger partial charge in [-0.05, 0) is 55.2 Å². The molecular weight excluding hydrogens is 466 g/mol. The first-order valence-corrected chi connectivity index (χ1v) is 10.6. The number of hydrogen-bond donors (Lipinski definition) is 1. The number of aromatic nitrogens is 3. The number of benzene rings is 2. The first kappa shape index (κ1) is 24.1. The molecule has 0 bridgehead atoms. The minimum Gasteiger partial charge on any atom is -0.481 e. The topological polar surface area (TPSA) is 89.1 Å². The van der Waals surface area contributed by atoms with Crippen LogP contribution in [0.3, 0.4) is 0 Å². The van der Waals surface area contributed by atoms with Crippen LogP contribution in [-0.2, 0) is 17.4 Å². The van der Waals surface area contributed by atoms with Gasteiger partial charge in [-0.3, -0.25) is 9.78 Å². The summed E-state index contributed by atoms with van der Waals surface area (Å²) in [5.41, 5.74) is 0.581. The van der Waals surface area contributed by atoms with Gasteiger partial charge in [0.05, 0.1) is 5.56 Å². The molecule has 0 atom stereocenters. The number of halogens is 4. The van der Waals surface area contributed by atoms with Crippen molar-refractivity contribution < 1.29 is 32.0 Å². The highest BCUT2D eigenvalue weighted by Crippen LogP contribution is 2.40. The van der Waals surface area contributed by atoms with Crippen LogP contribution in [0.4, 0.5) is 17.6 Å². The third-order valence-corrected chi connectivity index (χ3v) is 5.41. The molecule has 2 heterocycles. The monoisotopic (exact) mass is 485 g/mol. The zero-order valence-electron chi connectivity index (χ0n) is 18.4. The Hall–Kier alpha value is -4.08. The molecule has 10 heteroatoms. The Labute approximate surface area is 197 Å². The van der Waals surface area contributed by atoms with Gasteiger partial charge in [0.15, 0.2) is 0 Å². The van der Waals surface area contributed by atoms with E-state index in [4.69, 9.17) is 9.63 Å². The van der Waals surface area contributed by atoms with Crippen LogP contribution in [0.15, 0.2) is 59.3 Å². The number of carboxylic acid groups (broad SMARTS) is 1. The normalized spacial score (nSPS) is 11.6. The summed E-state index contributed by atoms with van der Waals surface area (Å²) < 4.78 is 60.8. The molecule has 0 amide bonds. The maximum absolute atomic E-state index is 14.2. The van der Waals surface area contributed by atoms with Gasteiger partial charge < -0.3 is 9.63 Å². The zero-order valence-corrected chi connectivity index (χ0v) is 18.4. The Balaban J connectivity index is 1.64. The Kier molecular flexibility index (Phi) is 6.63. The van der Waals surface area contributed by atoms with E-state index in [2.05, 4.69) is 15.1 Å². The second-order valence-corrected chi connectivity index (χ2v) is 7.90. The van der Waals surface area contributed by atoms with Gasteiger partial charge in [-0.1, -0.05) is 29.4 Å². The van der Waals surface area contributed by atoms with E-state index in [1.54, 1.807) is 6.07 Å². The summed E-state index contributed by atoms with van der Waals surface area (Å²) in [6.07, 6.45) is -2.27. The molecule has 1 N–H and O–H groups in total. The predicted octanol–water partition coefficient (Wildman–Crippen LogP) is 6.34. The molecule has 4 rings (SSSR count). The average molecular weight is 485 g/mol. The summed E-state index contributed by atoms with van der Waals surface area (Å²) in [5, 5.41) is 12.6. The summed E-state index contributed by atoms with van der Waals surface area (Å²) in [7, 11) is 0. The van der Waals surface area contributed by atoms with E-state index in [9.17, 15) is 22.4 Å². The van der Waals surface area contributed by atoms with Crippen LogP contribution in [0.5, 0.6) is 0 Å². The third-order valence-electron chi connectivity index (χ3n) is 5.41. The van der Waals surface area contributed by atoms with Crippen molar-refractivity contribution in [3.05, 3.63) is 77.4 Å². The van der Waals surface area contributed by atoms with Crippen LogP contribution < -0.4 is 0 Å². The Bertz CT molecular complexity index is 1380. The Morgan fingerprint density at radius 2 is 1.83 bits per heavy atom. The van der Waals surface area contributed by atoms with Crippen molar-refractivity contribution in [1.29, 1.82) is 0 Å². The zero-order chi connectivity index (χ0) is 25.2. The van der Waals surface area contributed by atoms with E-state index in [0.717, 1.165) is 23.4 Å². The Morgan fingerprint density at radius 1 is 1.06 bits per heavy atom. The summed E-state index contributed by atoms with van der Waals surface area (Å²) in [6, 6.07) is 10.4. The highest BCUT2D eigenvalue weighted by atomic mass is 19.4. The molecule has 2 aromatic heterocycles. The van der Waals surface area contributed by atoms with Crippen LogP contribution in [0.25, 0.3) is 34.0 Å². The average Bonchev–Trinajstić information content (AvgIpc) is 3.30. The molecule has 0 aliphatic rings. The maximum Gasteiger partial charge on any atom is 0.417 e. The number of pyridine rings is 1. The highest BCUT2D eigenvalue weighted by Gasteiger charge is 2.35. The third kappa shape index (κ3) is 5.37. The molecule has 4 aromatic rings. The summed E-state index contributed by atoms with van der Waals surface area (Å²) in [5.74, 6) is -1.64. The predicted molar refractivity (Wildman–Crippen MR) is 119 cm³/mol. The van der Waals surface area contributed by atoms with Gasteiger partial charge in [0.25, 0.3) is 5.89 Å². The fourth-order valence-electron chi connectivity index (χ4n) is 3.68.